The summed E-state index contributed by atoms with van der Waals surface area (Å²) >= 11 is 0. The SMILES string of the molecule is CS(=O)(=O)c1ccc2c(c1)CCN2C(=O)NC1CCCN(CC(O)COc2ccccc2)C1. The number of hydrogen-bond donors (Lipinski definition) is 2. The highest BCUT2D eigenvalue weighted by atomic mass is 32.2. The predicted octanol–water partition coefficient (Wildman–Crippen LogP) is 2.07. The van der Waals surface area contributed by atoms with E-state index in [0.29, 0.717) is 26.1 Å². The van der Waals surface area contributed by atoms with Gasteiger partial charge in [-0.1, -0.05) is 18.2 Å². The number of benzene rings is 2. The number of amides is 2. The van der Waals surface area contributed by atoms with Crippen LogP contribution in [0, 0.1) is 0 Å². The second-order valence-corrected chi connectivity index (χ2v) is 10.8. The number of hydrogen-bond acceptors (Lipinski definition) is 6. The molecule has 1 saturated heterocycles. The third-order valence-corrected chi connectivity index (χ3v) is 7.22. The normalized spacial score (nSPS) is 19.7. The number of likely N-dealkylation sites (tertiary alicyclic amines) is 1. The van der Waals surface area contributed by atoms with Gasteiger partial charge < -0.3 is 15.2 Å². The maximum atomic E-state index is 13.0. The molecule has 2 aromatic carbocycles. The topological polar surface area (TPSA) is 99.2 Å². The van der Waals surface area contributed by atoms with Crippen LogP contribution in [0.15, 0.2) is 53.4 Å². The molecule has 2 amide bonds. The van der Waals surface area contributed by atoms with Crippen molar-refractivity contribution in [1.82, 2.24) is 10.2 Å². The summed E-state index contributed by atoms with van der Waals surface area (Å²) in [4.78, 5) is 17.1. The summed E-state index contributed by atoms with van der Waals surface area (Å²) < 4.78 is 29.3. The number of piperidine rings is 1. The van der Waals surface area contributed by atoms with Crippen molar-refractivity contribution in [2.75, 3.05) is 43.9 Å². The Morgan fingerprint density at radius 3 is 2.76 bits per heavy atom. The molecule has 2 aliphatic rings. The van der Waals surface area contributed by atoms with E-state index >= 15 is 0 Å². The average Bonchev–Trinajstić information content (AvgIpc) is 3.22. The fourth-order valence-electron chi connectivity index (χ4n) is 4.47. The van der Waals surface area contributed by atoms with Crippen LogP contribution < -0.4 is 15.0 Å². The van der Waals surface area contributed by atoms with Crippen LogP contribution in [-0.2, 0) is 16.3 Å². The summed E-state index contributed by atoms with van der Waals surface area (Å²) in [6, 6.07) is 14.2. The van der Waals surface area contributed by atoms with E-state index < -0.39 is 15.9 Å². The van der Waals surface area contributed by atoms with E-state index in [1.165, 1.54) is 6.26 Å². The van der Waals surface area contributed by atoms with Crippen LogP contribution in [-0.4, -0.2) is 75.6 Å². The first-order valence-electron chi connectivity index (χ1n) is 11.3. The van der Waals surface area contributed by atoms with Gasteiger partial charge in [0.15, 0.2) is 9.84 Å². The Labute approximate surface area is 195 Å². The minimum atomic E-state index is -3.28. The van der Waals surface area contributed by atoms with Crippen molar-refractivity contribution < 1.29 is 23.1 Å². The third-order valence-electron chi connectivity index (χ3n) is 6.11. The molecule has 2 heterocycles. The Hall–Kier alpha value is -2.62. The van der Waals surface area contributed by atoms with Crippen LogP contribution >= 0.6 is 0 Å². The van der Waals surface area contributed by atoms with Crippen molar-refractivity contribution in [2.45, 2.75) is 36.3 Å². The molecule has 0 saturated carbocycles. The maximum Gasteiger partial charge on any atom is 0.322 e. The smallest absolute Gasteiger partial charge is 0.322 e. The monoisotopic (exact) mass is 473 g/mol. The fraction of sp³-hybridized carbons (Fsp3) is 0.458. The molecule has 33 heavy (non-hydrogen) atoms. The van der Waals surface area contributed by atoms with Crippen molar-refractivity contribution in [3.63, 3.8) is 0 Å². The molecule has 4 rings (SSSR count). The highest BCUT2D eigenvalue weighted by Crippen LogP contribution is 2.30. The molecule has 0 spiro atoms. The van der Waals surface area contributed by atoms with Gasteiger partial charge in [-0.25, -0.2) is 13.2 Å². The largest absolute Gasteiger partial charge is 0.491 e. The number of carbonyl (C=O) groups is 1. The molecule has 2 atom stereocenters. The van der Waals surface area contributed by atoms with Gasteiger partial charge in [0.1, 0.15) is 18.5 Å². The second kappa shape index (κ2) is 10.1. The van der Waals surface area contributed by atoms with Crippen molar-refractivity contribution in [2.24, 2.45) is 0 Å². The molecule has 2 aliphatic heterocycles. The lowest BCUT2D eigenvalue weighted by atomic mass is 10.1. The summed E-state index contributed by atoms with van der Waals surface area (Å²) in [5.74, 6) is 0.731. The molecule has 2 unspecified atom stereocenters. The quantitative estimate of drug-likeness (QED) is 0.639. The number of sulfone groups is 1. The van der Waals surface area contributed by atoms with Gasteiger partial charge in [-0.05, 0) is 61.7 Å². The van der Waals surface area contributed by atoms with Crippen molar-refractivity contribution in [1.29, 1.82) is 0 Å². The van der Waals surface area contributed by atoms with Gasteiger partial charge in [-0.15, -0.1) is 0 Å². The van der Waals surface area contributed by atoms with Crippen molar-refractivity contribution in [3.05, 3.63) is 54.1 Å². The number of fused-ring (bicyclic) bond motifs is 1. The van der Waals surface area contributed by atoms with Gasteiger partial charge in [0.05, 0.1) is 4.90 Å². The lowest BCUT2D eigenvalue weighted by molar-refractivity contribution is 0.0569. The summed E-state index contributed by atoms with van der Waals surface area (Å²) in [6.45, 7) is 2.77. The lowest BCUT2D eigenvalue weighted by Gasteiger charge is -2.35. The number of rotatable bonds is 7. The summed E-state index contributed by atoms with van der Waals surface area (Å²) in [7, 11) is -3.28. The van der Waals surface area contributed by atoms with Crippen molar-refractivity contribution in [3.8, 4) is 5.75 Å². The Balaban J connectivity index is 1.29. The minimum absolute atomic E-state index is 0.00663. The van der Waals surface area contributed by atoms with Gasteiger partial charge in [0.25, 0.3) is 0 Å². The van der Waals surface area contributed by atoms with Gasteiger partial charge in [0.2, 0.25) is 0 Å². The van der Waals surface area contributed by atoms with Crippen LogP contribution in [0.2, 0.25) is 0 Å². The summed E-state index contributed by atoms with van der Waals surface area (Å²) in [5, 5.41) is 13.5. The number of aliphatic hydroxyl groups excluding tert-OH is 1. The van der Waals surface area contributed by atoms with E-state index in [-0.39, 0.29) is 23.6 Å². The molecule has 1 fully saturated rings. The lowest BCUT2D eigenvalue weighted by Crippen LogP contribution is -2.52. The number of nitrogens with one attached hydrogen (secondary N) is 1. The van der Waals surface area contributed by atoms with E-state index in [9.17, 15) is 18.3 Å². The van der Waals surface area contributed by atoms with Crippen LogP contribution in [0.1, 0.15) is 18.4 Å². The van der Waals surface area contributed by atoms with Gasteiger partial charge in [0, 0.05) is 37.6 Å². The molecule has 0 bridgehead atoms. The molecule has 2 aromatic rings. The fourth-order valence-corrected chi connectivity index (χ4v) is 5.14. The zero-order valence-corrected chi connectivity index (χ0v) is 19.6. The van der Waals surface area contributed by atoms with E-state index in [1.54, 1.807) is 23.1 Å². The number of nitrogens with zero attached hydrogens (tertiary/aromatic N) is 2. The number of para-hydroxylation sites is 1. The highest BCUT2D eigenvalue weighted by Gasteiger charge is 2.29. The first-order chi connectivity index (χ1) is 15.8. The molecule has 8 nitrogen and oxygen atoms in total. The van der Waals surface area contributed by atoms with E-state index in [0.717, 1.165) is 36.4 Å². The number of β-amino-alcohol motifs (C(OH)–C–C–N with tert-alkyl or cyclic N) is 1. The zero-order chi connectivity index (χ0) is 23.4. The van der Waals surface area contributed by atoms with Gasteiger partial charge in [-0.3, -0.25) is 9.80 Å². The number of carbonyl (C=O) groups excluding carboxylic acids is 1. The van der Waals surface area contributed by atoms with Crippen LogP contribution in [0.5, 0.6) is 5.75 Å². The second-order valence-electron chi connectivity index (χ2n) is 8.79. The molecule has 178 valence electrons. The Morgan fingerprint density at radius 2 is 2.00 bits per heavy atom. The highest BCUT2D eigenvalue weighted by molar-refractivity contribution is 7.90. The number of aliphatic hydroxyl groups is 1. The third kappa shape index (κ3) is 6.04. The van der Waals surface area contributed by atoms with Crippen LogP contribution in [0.3, 0.4) is 0 Å². The van der Waals surface area contributed by atoms with Crippen molar-refractivity contribution >= 4 is 21.6 Å². The summed E-state index contributed by atoms with van der Waals surface area (Å²) in [6.07, 6.45) is 3.02. The number of ether oxygens (including phenoxy) is 1. The number of urea groups is 1. The van der Waals surface area contributed by atoms with Crippen LogP contribution in [0.4, 0.5) is 10.5 Å². The molecule has 9 heteroatoms. The predicted molar refractivity (Wildman–Crippen MR) is 127 cm³/mol. The minimum Gasteiger partial charge on any atom is -0.491 e. The van der Waals surface area contributed by atoms with Gasteiger partial charge >= 0.3 is 6.03 Å². The Morgan fingerprint density at radius 1 is 1.21 bits per heavy atom. The summed E-state index contributed by atoms with van der Waals surface area (Å²) in [5.41, 5.74) is 1.64. The molecule has 0 radical (unpaired) electrons. The van der Waals surface area contributed by atoms with E-state index in [1.807, 2.05) is 30.3 Å². The molecule has 2 N–H and O–H groups in total. The average molecular weight is 474 g/mol. The Kier molecular flexibility index (Phi) is 7.21. The Bertz CT molecular complexity index is 1080. The van der Waals surface area contributed by atoms with Crippen LogP contribution in [0.25, 0.3) is 0 Å². The first kappa shape index (κ1) is 23.5. The van der Waals surface area contributed by atoms with E-state index in [2.05, 4.69) is 10.2 Å². The zero-order valence-electron chi connectivity index (χ0n) is 18.8. The van der Waals surface area contributed by atoms with E-state index in [4.69, 9.17) is 4.74 Å². The standard InChI is InChI=1S/C24H31N3O5S/c1-33(30,31)22-9-10-23-18(14-22)11-13-27(23)24(29)25-19-6-5-12-26(15-19)16-20(28)17-32-21-7-3-2-4-8-21/h2-4,7-10,14,19-20,28H,5-6,11-13,15-17H2,1H3,(H,25,29). The number of anilines is 1. The maximum absolute atomic E-state index is 13.0. The molecule has 0 aromatic heterocycles. The van der Waals surface area contributed by atoms with Gasteiger partial charge in [-0.2, -0.15) is 0 Å². The molecule has 0 aliphatic carbocycles. The first-order valence-corrected chi connectivity index (χ1v) is 13.2. The molecular formula is C24H31N3O5S. The molecular weight excluding hydrogens is 442 g/mol.